The van der Waals surface area contributed by atoms with Crippen LogP contribution in [-0.2, 0) is 6.42 Å². The number of fused-ring (bicyclic) bond motifs is 2. The fraction of sp³-hybridized carbons (Fsp3) is 0.217. The molecule has 0 N–H and O–H groups in total. The van der Waals surface area contributed by atoms with Gasteiger partial charge in [-0.25, -0.2) is 0 Å². The molecule has 2 aromatic carbocycles. The molecule has 0 aliphatic carbocycles. The molecule has 0 unspecified atom stereocenters. The first kappa shape index (κ1) is 17.3. The molecule has 4 heteroatoms. The summed E-state index contributed by atoms with van der Waals surface area (Å²) in [5.41, 5.74) is 6.94. The lowest BCUT2D eigenvalue weighted by Gasteiger charge is -2.18. The number of nitrogens with zero attached hydrogens (tertiary/aromatic N) is 4. The Morgan fingerprint density at radius 1 is 0.630 bits per heavy atom. The van der Waals surface area contributed by atoms with Gasteiger partial charge in [0.2, 0.25) is 0 Å². The molecule has 0 aliphatic rings. The molecule has 4 nitrogen and oxygen atoms in total. The Morgan fingerprint density at radius 3 is 1.48 bits per heavy atom. The van der Waals surface area contributed by atoms with Crippen LogP contribution in [0.3, 0.4) is 0 Å². The maximum atomic E-state index is 4.69. The van der Waals surface area contributed by atoms with Crippen LogP contribution in [0.1, 0.15) is 11.1 Å². The molecule has 2 heterocycles. The second-order valence-electron chi connectivity index (χ2n) is 7.25. The largest absolute Gasteiger partial charge is 0.377 e. The number of pyridine rings is 2. The minimum absolute atomic E-state index is 0.808. The molecule has 0 bridgehead atoms. The molecule has 0 fully saturated rings. The summed E-state index contributed by atoms with van der Waals surface area (Å²) in [5, 5.41) is 2.37. The summed E-state index contributed by atoms with van der Waals surface area (Å²) >= 11 is 0. The Bertz CT molecular complexity index is 1030. The maximum absolute atomic E-state index is 4.69. The molecule has 136 valence electrons. The summed E-state index contributed by atoms with van der Waals surface area (Å²) in [6.07, 6.45) is 4.55. The number of rotatable bonds is 4. The predicted octanol–water partition coefficient (Wildman–Crippen LogP) is 4.51. The van der Waals surface area contributed by atoms with Gasteiger partial charge in [-0.05, 0) is 47.5 Å². The predicted molar refractivity (Wildman–Crippen MR) is 115 cm³/mol. The van der Waals surface area contributed by atoms with Gasteiger partial charge in [0.15, 0.2) is 0 Å². The van der Waals surface area contributed by atoms with Gasteiger partial charge in [0, 0.05) is 69.2 Å². The second-order valence-corrected chi connectivity index (χ2v) is 7.25. The molecule has 27 heavy (non-hydrogen) atoms. The number of anilines is 2. The summed E-state index contributed by atoms with van der Waals surface area (Å²) in [5.74, 6) is 0. The van der Waals surface area contributed by atoms with E-state index in [4.69, 9.17) is 9.97 Å². The van der Waals surface area contributed by atoms with E-state index in [-0.39, 0.29) is 0 Å². The third-order valence-corrected chi connectivity index (χ3v) is 5.00. The van der Waals surface area contributed by atoms with E-state index >= 15 is 0 Å². The highest BCUT2D eigenvalue weighted by atomic mass is 15.1. The fourth-order valence-corrected chi connectivity index (χ4v) is 3.70. The van der Waals surface area contributed by atoms with Crippen molar-refractivity contribution < 1.29 is 0 Å². The third kappa shape index (κ3) is 3.08. The van der Waals surface area contributed by atoms with Gasteiger partial charge in [0.05, 0.1) is 11.0 Å². The van der Waals surface area contributed by atoms with E-state index in [9.17, 15) is 0 Å². The maximum Gasteiger partial charge on any atom is 0.0758 e. The number of hydrogen-bond donors (Lipinski definition) is 0. The summed E-state index contributed by atoms with van der Waals surface area (Å²) in [6.45, 7) is 0. The minimum atomic E-state index is 0.808. The smallest absolute Gasteiger partial charge is 0.0758 e. The quantitative estimate of drug-likeness (QED) is 0.539. The molecular weight excluding hydrogens is 332 g/mol. The van der Waals surface area contributed by atoms with Crippen LogP contribution in [0.15, 0.2) is 60.9 Å². The van der Waals surface area contributed by atoms with Gasteiger partial charge in [0.1, 0.15) is 0 Å². The second kappa shape index (κ2) is 6.88. The van der Waals surface area contributed by atoms with E-state index in [2.05, 4.69) is 74.4 Å². The zero-order chi connectivity index (χ0) is 19.0. The lowest BCUT2D eigenvalue weighted by molar-refractivity contribution is 1.12. The summed E-state index contributed by atoms with van der Waals surface area (Å²) < 4.78 is 0. The molecule has 4 aromatic rings. The zero-order valence-electron chi connectivity index (χ0n) is 16.3. The summed E-state index contributed by atoms with van der Waals surface area (Å²) in [6, 6.07) is 17.0. The molecule has 4 rings (SSSR count). The molecule has 0 amide bonds. The number of benzene rings is 2. The van der Waals surface area contributed by atoms with Crippen molar-refractivity contribution in [1.82, 2.24) is 9.97 Å². The molecule has 0 atom stereocenters. The topological polar surface area (TPSA) is 32.3 Å². The van der Waals surface area contributed by atoms with E-state index < -0.39 is 0 Å². The Morgan fingerprint density at radius 2 is 1.07 bits per heavy atom. The lowest BCUT2D eigenvalue weighted by Crippen LogP contribution is -2.10. The van der Waals surface area contributed by atoms with Crippen LogP contribution in [0.4, 0.5) is 11.4 Å². The van der Waals surface area contributed by atoms with Crippen molar-refractivity contribution in [3.63, 3.8) is 0 Å². The Kier molecular flexibility index (Phi) is 4.40. The Balaban J connectivity index is 1.87. The van der Waals surface area contributed by atoms with Crippen molar-refractivity contribution in [3.8, 4) is 0 Å². The standard InChI is InChI=1S/C23H24N4/c1-26(2)20-11-9-16(22-18(20)7-5-13-24-22)15-17-10-12-21(27(3)4)19-8-6-14-25-23(17)19/h5-14H,15H2,1-4H3. The molecule has 0 radical (unpaired) electrons. The third-order valence-electron chi connectivity index (χ3n) is 5.00. The van der Waals surface area contributed by atoms with Crippen molar-refractivity contribution in [2.75, 3.05) is 38.0 Å². The van der Waals surface area contributed by atoms with Gasteiger partial charge in [-0.2, -0.15) is 0 Å². The van der Waals surface area contributed by atoms with Crippen LogP contribution in [0, 0.1) is 0 Å². The van der Waals surface area contributed by atoms with Crippen molar-refractivity contribution in [3.05, 3.63) is 72.1 Å². The van der Waals surface area contributed by atoms with Crippen LogP contribution < -0.4 is 9.80 Å². The average Bonchev–Trinajstić information content (AvgIpc) is 2.68. The summed E-state index contributed by atoms with van der Waals surface area (Å²) in [4.78, 5) is 13.7. The fourth-order valence-electron chi connectivity index (χ4n) is 3.70. The average molecular weight is 356 g/mol. The molecule has 0 aliphatic heterocycles. The highest BCUT2D eigenvalue weighted by Gasteiger charge is 2.13. The van der Waals surface area contributed by atoms with Gasteiger partial charge in [-0.1, -0.05) is 12.1 Å². The first-order valence-corrected chi connectivity index (χ1v) is 9.14. The number of aromatic nitrogens is 2. The highest BCUT2D eigenvalue weighted by Crippen LogP contribution is 2.31. The monoisotopic (exact) mass is 356 g/mol. The van der Waals surface area contributed by atoms with Crippen LogP contribution in [-0.4, -0.2) is 38.2 Å². The minimum Gasteiger partial charge on any atom is -0.377 e. The van der Waals surface area contributed by atoms with E-state index in [1.54, 1.807) is 0 Å². The Hall–Kier alpha value is -3.14. The first-order chi connectivity index (χ1) is 13.1. The molecule has 0 spiro atoms. The summed E-state index contributed by atoms with van der Waals surface area (Å²) in [7, 11) is 8.27. The van der Waals surface area contributed by atoms with Gasteiger partial charge < -0.3 is 9.80 Å². The van der Waals surface area contributed by atoms with E-state index in [1.165, 1.54) is 33.3 Å². The van der Waals surface area contributed by atoms with E-state index in [1.807, 2.05) is 24.5 Å². The van der Waals surface area contributed by atoms with Crippen LogP contribution >= 0.6 is 0 Å². The lowest BCUT2D eigenvalue weighted by atomic mass is 9.98. The van der Waals surface area contributed by atoms with Crippen molar-refractivity contribution in [1.29, 1.82) is 0 Å². The van der Waals surface area contributed by atoms with E-state index in [0.29, 0.717) is 0 Å². The normalized spacial score (nSPS) is 11.1. The molecule has 0 saturated heterocycles. The number of hydrogen-bond acceptors (Lipinski definition) is 4. The van der Waals surface area contributed by atoms with Gasteiger partial charge >= 0.3 is 0 Å². The van der Waals surface area contributed by atoms with Gasteiger partial charge in [-0.3, -0.25) is 9.97 Å². The first-order valence-electron chi connectivity index (χ1n) is 9.14. The molecule has 0 saturated carbocycles. The van der Waals surface area contributed by atoms with Crippen LogP contribution in [0.25, 0.3) is 21.8 Å². The van der Waals surface area contributed by atoms with Crippen LogP contribution in [0.5, 0.6) is 0 Å². The van der Waals surface area contributed by atoms with Crippen molar-refractivity contribution in [2.45, 2.75) is 6.42 Å². The van der Waals surface area contributed by atoms with E-state index in [0.717, 1.165) is 17.5 Å². The Labute approximate surface area is 160 Å². The van der Waals surface area contributed by atoms with Gasteiger partial charge in [-0.15, -0.1) is 0 Å². The molecule has 2 aromatic heterocycles. The van der Waals surface area contributed by atoms with Crippen molar-refractivity contribution >= 4 is 33.2 Å². The van der Waals surface area contributed by atoms with Gasteiger partial charge in [0.25, 0.3) is 0 Å². The molecular formula is C23H24N4. The zero-order valence-corrected chi connectivity index (χ0v) is 16.3. The SMILES string of the molecule is CN(C)c1ccc(Cc2ccc(N(C)C)c3cccnc23)c2ncccc12. The van der Waals surface area contributed by atoms with Crippen LogP contribution in [0.2, 0.25) is 0 Å². The van der Waals surface area contributed by atoms with Crippen molar-refractivity contribution in [2.24, 2.45) is 0 Å². The highest BCUT2D eigenvalue weighted by molar-refractivity contribution is 5.96.